The summed E-state index contributed by atoms with van der Waals surface area (Å²) < 4.78 is 32.6. The van der Waals surface area contributed by atoms with Gasteiger partial charge in [0.1, 0.15) is 10.6 Å². The molecule has 23 heavy (non-hydrogen) atoms. The van der Waals surface area contributed by atoms with Gasteiger partial charge in [0.2, 0.25) is 15.9 Å². The molecule has 0 unspecified atom stereocenters. The minimum atomic E-state index is -3.64. The summed E-state index contributed by atoms with van der Waals surface area (Å²) >= 11 is 0. The molecule has 8 heteroatoms. The lowest BCUT2D eigenvalue weighted by Gasteiger charge is -2.32. The highest BCUT2D eigenvalue weighted by atomic mass is 32.2. The molecule has 0 aromatic carbocycles. The molecule has 1 amide bonds. The van der Waals surface area contributed by atoms with E-state index >= 15 is 0 Å². The minimum Gasteiger partial charge on any atom is -0.360 e. The summed E-state index contributed by atoms with van der Waals surface area (Å²) in [5.74, 6) is 0.459. The first-order chi connectivity index (χ1) is 10.8. The van der Waals surface area contributed by atoms with E-state index in [9.17, 15) is 13.2 Å². The number of aryl methyl sites for hydroxylation is 2. The maximum absolute atomic E-state index is 12.5. The van der Waals surface area contributed by atoms with Crippen LogP contribution in [0.25, 0.3) is 0 Å². The second-order valence-electron chi connectivity index (χ2n) is 6.03. The molecule has 1 aliphatic heterocycles. The van der Waals surface area contributed by atoms with Crippen molar-refractivity contribution in [2.24, 2.45) is 0 Å². The molecule has 1 fully saturated rings. The van der Waals surface area contributed by atoms with Crippen LogP contribution in [0.5, 0.6) is 0 Å². The first kappa shape index (κ1) is 17.9. The van der Waals surface area contributed by atoms with Gasteiger partial charge in [-0.2, -0.15) is 0 Å². The van der Waals surface area contributed by atoms with Crippen LogP contribution in [0.2, 0.25) is 0 Å². The Morgan fingerprint density at radius 2 is 2.00 bits per heavy atom. The Kier molecular flexibility index (Phi) is 5.80. The Bertz CT molecular complexity index is 626. The number of hydrogen-bond donors (Lipinski definition) is 1. The lowest BCUT2D eigenvalue weighted by Crippen LogP contribution is -2.46. The van der Waals surface area contributed by atoms with Gasteiger partial charge in [-0.3, -0.25) is 4.79 Å². The van der Waals surface area contributed by atoms with Crippen molar-refractivity contribution in [2.75, 3.05) is 13.1 Å². The Balaban J connectivity index is 1.93. The van der Waals surface area contributed by atoms with Crippen molar-refractivity contribution >= 4 is 15.9 Å². The fraction of sp³-hybridized carbons (Fsp3) is 0.733. The Labute approximate surface area is 137 Å². The number of carbonyl (C=O) groups is 1. The number of hydrogen-bond acceptors (Lipinski definition) is 5. The van der Waals surface area contributed by atoms with E-state index < -0.39 is 10.0 Å². The number of rotatable bonds is 6. The molecule has 7 nitrogen and oxygen atoms in total. The summed E-state index contributed by atoms with van der Waals surface area (Å²) in [5, 5.41) is 3.69. The molecule has 1 aromatic rings. The van der Waals surface area contributed by atoms with E-state index in [4.69, 9.17) is 4.52 Å². The molecule has 1 aromatic heterocycles. The fourth-order valence-corrected chi connectivity index (χ4v) is 4.50. The molecule has 0 spiro atoms. The van der Waals surface area contributed by atoms with E-state index in [1.165, 1.54) is 0 Å². The van der Waals surface area contributed by atoms with Gasteiger partial charge in [-0.25, -0.2) is 13.1 Å². The number of aromatic nitrogens is 1. The van der Waals surface area contributed by atoms with Crippen LogP contribution in [0.1, 0.15) is 50.5 Å². The van der Waals surface area contributed by atoms with Crippen LogP contribution in [0, 0.1) is 13.8 Å². The second-order valence-corrected chi connectivity index (χ2v) is 7.68. The average Bonchev–Trinajstić information content (AvgIpc) is 2.85. The molecule has 0 radical (unpaired) electrons. The number of nitrogens with zero attached hydrogens (tertiary/aromatic N) is 2. The molecular formula is C15H25N3O4S. The van der Waals surface area contributed by atoms with E-state index in [0.29, 0.717) is 43.8 Å². The molecule has 1 aliphatic rings. The number of likely N-dealkylation sites (tertiary alicyclic amines) is 1. The van der Waals surface area contributed by atoms with E-state index in [1.54, 1.807) is 13.8 Å². The summed E-state index contributed by atoms with van der Waals surface area (Å²) in [7, 11) is -3.64. The Hall–Kier alpha value is -1.41. The molecule has 0 aliphatic carbocycles. The highest BCUT2D eigenvalue weighted by molar-refractivity contribution is 7.89. The van der Waals surface area contributed by atoms with Crippen LogP contribution in [0.3, 0.4) is 0 Å². The third-order valence-electron chi connectivity index (χ3n) is 4.15. The highest BCUT2D eigenvalue weighted by Gasteiger charge is 2.29. The van der Waals surface area contributed by atoms with Crippen molar-refractivity contribution in [1.82, 2.24) is 14.8 Å². The van der Waals surface area contributed by atoms with Gasteiger partial charge in [-0.15, -0.1) is 0 Å². The number of amides is 1. The van der Waals surface area contributed by atoms with Crippen LogP contribution >= 0.6 is 0 Å². The molecule has 130 valence electrons. The summed E-state index contributed by atoms with van der Waals surface area (Å²) in [6.45, 7) is 6.45. The van der Waals surface area contributed by atoms with Crippen molar-refractivity contribution in [3.8, 4) is 0 Å². The summed E-state index contributed by atoms with van der Waals surface area (Å²) in [6, 6.07) is -0.163. The van der Waals surface area contributed by atoms with E-state index in [-0.39, 0.29) is 16.8 Å². The number of nitrogens with one attached hydrogen (secondary N) is 1. The molecular weight excluding hydrogens is 318 g/mol. The van der Waals surface area contributed by atoms with E-state index in [2.05, 4.69) is 16.8 Å². The topological polar surface area (TPSA) is 92.5 Å². The normalized spacial score (nSPS) is 16.7. The quantitative estimate of drug-likeness (QED) is 0.849. The monoisotopic (exact) mass is 343 g/mol. The first-order valence-electron chi connectivity index (χ1n) is 8.08. The average molecular weight is 343 g/mol. The summed E-state index contributed by atoms with van der Waals surface area (Å²) in [6.07, 6.45) is 3.73. The first-order valence-corrected chi connectivity index (χ1v) is 9.56. The molecule has 0 bridgehead atoms. The summed E-state index contributed by atoms with van der Waals surface area (Å²) in [5.41, 5.74) is 0.363. The van der Waals surface area contributed by atoms with Crippen LogP contribution in [0.4, 0.5) is 0 Å². The van der Waals surface area contributed by atoms with Crippen LogP contribution < -0.4 is 4.72 Å². The molecule has 2 heterocycles. The number of piperidine rings is 1. The number of unbranched alkanes of at least 4 members (excludes halogenated alkanes) is 1. The molecule has 0 atom stereocenters. The van der Waals surface area contributed by atoms with Gasteiger partial charge >= 0.3 is 0 Å². The standard InChI is InChI=1S/C15H25N3O4S/c1-4-5-6-14(19)18-9-7-13(8-10-18)17-23(20,21)15-11(2)16-22-12(15)3/h13,17H,4-10H2,1-3H3. The SMILES string of the molecule is CCCCC(=O)N1CCC(NS(=O)(=O)c2c(C)noc2C)CC1. The third kappa shape index (κ3) is 4.32. The highest BCUT2D eigenvalue weighted by Crippen LogP contribution is 2.21. The molecule has 2 rings (SSSR count). The largest absolute Gasteiger partial charge is 0.360 e. The van der Waals surface area contributed by atoms with Crippen molar-refractivity contribution in [1.29, 1.82) is 0 Å². The molecule has 1 saturated heterocycles. The van der Waals surface area contributed by atoms with Crippen LogP contribution in [-0.2, 0) is 14.8 Å². The summed E-state index contributed by atoms with van der Waals surface area (Å²) in [4.78, 5) is 13.9. The van der Waals surface area contributed by atoms with E-state index in [0.717, 1.165) is 12.8 Å². The predicted octanol–water partition coefficient (Wildman–Crippen LogP) is 1.75. The van der Waals surface area contributed by atoms with Crippen molar-refractivity contribution in [3.05, 3.63) is 11.5 Å². The molecule has 1 N–H and O–H groups in total. The van der Waals surface area contributed by atoms with Gasteiger partial charge < -0.3 is 9.42 Å². The van der Waals surface area contributed by atoms with Gasteiger partial charge in [0.25, 0.3) is 0 Å². The maximum atomic E-state index is 12.5. The van der Waals surface area contributed by atoms with Crippen LogP contribution in [0.15, 0.2) is 9.42 Å². The zero-order chi connectivity index (χ0) is 17.0. The van der Waals surface area contributed by atoms with Crippen LogP contribution in [-0.4, -0.2) is 43.5 Å². The third-order valence-corrected chi connectivity index (χ3v) is 5.91. The second kappa shape index (κ2) is 7.44. The smallest absolute Gasteiger partial charge is 0.246 e. The van der Waals surface area contributed by atoms with Gasteiger partial charge in [0.15, 0.2) is 5.76 Å². The predicted molar refractivity (Wildman–Crippen MR) is 85.4 cm³/mol. The van der Waals surface area contributed by atoms with Gasteiger partial charge in [-0.1, -0.05) is 18.5 Å². The van der Waals surface area contributed by atoms with Gasteiger partial charge in [0.05, 0.1) is 0 Å². The van der Waals surface area contributed by atoms with Crippen molar-refractivity contribution < 1.29 is 17.7 Å². The Morgan fingerprint density at radius 3 is 2.52 bits per heavy atom. The van der Waals surface area contributed by atoms with E-state index in [1.807, 2.05) is 4.90 Å². The zero-order valence-corrected chi connectivity index (χ0v) is 14.8. The zero-order valence-electron chi connectivity index (χ0n) is 14.0. The number of sulfonamides is 1. The maximum Gasteiger partial charge on any atom is 0.246 e. The fourth-order valence-electron chi connectivity index (χ4n) is 2.87. The lowest BCUT2D eigenvalue weighted by molar-refractivity contribution is -0.132. The Morgan fingerprint density at radius 1 is 1.35 bits per heavy atom. The molecule has 0 saturated carbocycles. The number of carbonyl (C=O) groups excluding carboxylic acids is 1. The minimum absolute atomic E-state index is 0.124. The lowest BCUT2D eigenvalue weighted by atomic mass is 10.1. The van der Waals surface area contributed by atoms with Gasteiger partial charge in [0, 0.05) is 25.6 Å². The van der Waals surface area contributed by atoms with Crippen molar-refractivity contribution in [3.63, 3.8) is 0 Å². The van der Waals surface area contributed by atoms with Crippen molar-refractivity contribution in [2.45, 2.75) is 63.8 Å². The van der Waals surface area contributed by atoms with Gasteiger partial charge in [-0.05, 0) is 33.1 Å².